The zero-order valence-electron chi connectivity index (χ0n) is 8.64. The Balaban J connectivity index is 3.59. The van der Waals surface area contributed by atoms with Gasteiger partial charge in [-0.2, -0.15) is 0 Å². The average Bonchev–Trinajstić information content (AvgIpc) is 2.15. The molecule has 0 atom stereocenters. The number of rotatable bonds is 3. The van der Waals surface area contributed by atoms with Crippen LogP contribution in [0, 0.1) is 5.21 Å². The van der Waals surface area contributed by atoms with Crippen LogP contribution >= 0.6 is 11.6 Å². The number of halogens is 1. The van der Waals surface area contributed by atoms with E-state index >= 15 is 0 Å². The van der Waals surface area contributed by atoms with Gasteiger partial charge in [-0.25, -0.2) is 13.6 Å². The third-order valence-corrected chi connectivity index (χ3v) is 3.15. The summed E-state index contributed by atoms with van der Waals surface area (Å²) in [5.41, 5.74) is 0.206. The highest BCUT2D eigenvalue weighted by Gasteiger charge is 2.25. The summed E-state index contributed by atoms with van der Waals surface area (Å²) in [5, 5.41) is 15.4. The van der Waals surface area contributed by atoms with Crippen molar-refractivity contribution in [3.05, 3.63) is 22.4 Å². The third-order valence-electron chi connectivity index (χ3n) is 1.75. The predicted octanol–water partition coefficient (Wildman–Crippen LogP) is -0.395. The Bertz CT molecular complexity index is 557. The lowest BCUT2D eigenvalue weighted by atomic mass is 10.3. The molecule has 9 heteroatoms. The molecule has 0 radical (unpaired) electrons. The van der Waals surface area contributed by atoms with E-state index in [-0.39, 0.29) is 10.7 Å². The van der Waals surface area contributed by atoms with Crippen molar-refractivity contribution in [3.8, 4) is 5.75 Å². The zero-order chi connectivity index (χ0) is 13.2. The molecule has 0 spiro atoms. The molecule has 0 fully saturated rings. The van der Waals surface area contributed by atoms with Crippen molar-refractivity contribution in [2.75, 3.05) is 0 Å². The molecule has 0 aliphatic heterocycles. The number of ether oxygens (including phenoxy) is 1. The van der Waals surface area contributed by atoms with Crippen molar-refractivity contribution in [1.29, 1.82) is 0 Å². The summed E-state index contributed by atoms with van der Waals surface area (Å²) in [6.45, 7) is 1.06. The van der Waals surface area contributed by atoms with Crippen molar-refractivity contribution < 1.29 is 23.4 Å². The lowest BCUT2D eigenvalue weighted by Gasteiger charge is -2.12. The molecule has 0 saturated carbocycles. The molecule has 0 bridgehead atoms. The fourth-order valence-electron chi connectivity index (χ4n) is 1.16. The van der Waals surface area contributed by atoms with Gasteiger partial charge in [0.2, 0.25) is 15.8 Å². The molecule has 0 saturated heterocycles. The lowest BCUT2D eigenvalue weighted by Crippen LogP contribution is -2.70. The molecule has 1 aromatic rings. The minimum Gasteiger partial charge on any atom is -0.630 e. The number of primary sulfonamides is 1. The number of quaternary nitrogens is 1. The molecule has 1 rings (SSSR count). The van der Waals surface area contributed by atoms with Crippen LogP contribution in [0.4, 0.5) is 5.69 Å². The van der Waals surface area contributed by atoms with Gasteiger partial charge in [-0.15, -0.1) is 0 Å². The molecule has 1 aromatic carbocycles. The Labute approximate surface area is 102 Å². The molecular formula is C8H9ClN2O5S. The van der Waals surface area contributed by atoms with E-state index < -0.39 is 26.6 Å². The van der Waals surface area contributed by atoms with Gasteiger partial charge in [0, 0.05) is 13.0 Å². The van der Waals surface area contributed by atoms with Crippen molar-refractivity contribution in [1.82, 2.24) is 0 Å². The second-order valence-electron chi connectivity index (χ2n) is 3.05. The fourth-order valence-corrected chi connectivity index (χ4v) is 2.39. The monoisotopic (exact) mass is 280 g/mol. The van der Waals surface area contributed by atoms with E-state index in [1.165, 1.54) is 12.1 Å². The summed E-state index contributed by atoms with van der Waals surface area (Å²) in [5.74, 6) is -1.25. The smallest absolute Gasteiger partial charge is 0.308 e. The van der Waals surface area contributed by atoms with Gasteiger partial charge in [-0.1, -0.05) is 11.6 Å². The maximum absolute atomic E-state index is 11.3. The largest absolute Gasteiger partial charge is 0.630 e. The lowest BCUT2D eigenvalue weighted by molar-refractivity contribution is -0.497. The maximum Gasteiger partial charge on any atom is 0.308 e. The Morgan fingerprint density at radius 3 is 2.53 bits per heavy atom. The number of carbonyl (C=O) groups is 1. The SMILES string of the molecule is CC(=O)Oc1c([NH2+][O-])ccc(Cl)c1S(N)(=O)=O. The zero-order valence-corrected chi connectivity index (χ0v) is 10.2. The van der Waals surface area contributed by atoms with Crippen LogP contribution < -0.4 is 15.4 Å². The first-order valence-corrected chi connectivity index (χ1v) is 6.18. The van der Waals surface area contributed by atoms with Crippen LogP contribution in [-0.4, -0.2) is 14.4 Å². The van der Waals surface area contributed by atoms with Gasteiger partial charge >= 0.3 is 5.97 Å². The number of esters is 1. The number of nitrogens with two attached hydrogens (primary N) is 2. The molecule has 0 aliphatic rings. The van der Waals surface area contributed by atoms with Crippen molar-refractivity contribution in [2.45, 2.75) is 11.8 Å². The molecule has 4 N–H and O–H groups in total. The summed E-state index contributed by atoms with van der Waals surface area (Å²) in [6, 6.07) is 2.40. The first-order chi connectivity index (χ1) is 7.77. The molecule has 0 aliphatic carbocycles. The Morgan fingerprint density at radius 2 is 2.12 bits per heavy atom. The van der Waals surface area contributed by atoms with Gasteiger partial charge in [-0.3, -0.25) is 4.79 Å². The third kappa shape index (κ3) is 3.14. The van der Waals surface area contributed by atoms with Crippen LogP contribution in [0.3, 0.4) is 0 Å². The van der Waals surface area contributed by atoms with Crippen molar-refractivity contribution in [3.63, 3.8) is 0 Å². The molecule has 0 amide bonds. The van der Waals surface area contributed by atoms with E-state index in [1.54, 1.807) is 0 Å². The summed E-state index contributed by atoms with van der Waals surface area (Å²) in [6.07, 6.45) is 0. The van der Waals surface area contributed by atoms with Gasteiger partial charge in [0.25, 0.3) is 0 Å². The minimum absolute atomic E-state index is 0.131. The summed E-state index contributed by atoms with van der Waals surface area (Å²) in [4.78, 5) is 10.3. The quantitative estimate of drug-likeness (QED) is 0.337. The van der Waals surface area contributed by atoms with E-state index in [9.17, 15) is 18.4 Å². The number of hydrogen-bond acceptors (Lipinski definition) is 5. The highest BCUT2D eigenvalue weighted by molar-refractivity contribution is 7.89. The Hall–Kier alpha value is -1.19. The summed E-state index contributed by atoms with van der Waals surface area (Å²) < 4.78 is 27.3. The van der Waals surface area contributed by atoms with Crippen molar-refractivity contribution >= 4 is 33.3 Å². The number of sulfonamides is 1. The van der Waals surface area contributed by atoms with Crippen molar-refractivity contribution in [2.24, 2.45) is 5.14 Å². The molecule has 0 aromatic heterocycles. The average molecular weight is 281 g/mol. The summed E-state index contributed by atoms with van der Waals surface area (Å²) >= 11 is 5.66. The van der Waals surface area contributed by atoms with Gasteiger partial charge in [0.1, 0.15) is 4.90 Å². The molecule has 17 heavy (non-hydrogen) atoms. The van der Waals surface area contributed by atoms with Crippen LogP contribution in [-0.2, 0) is 14.8 Å². The van der Waals surface area contributed by atoms with Crippen LogP contribution in [0.2, 0.25) is 5.02 Å². The van der Waals surface area contributed by atoms with E-state index in [0.717, 1.165) is 6.92 Å². The van der Waals surface area contributed by atoms with E-state index in [2.05, 4.69) is 4.74 Å². The number of carbonyl (C=O) groups excluding carboxylic acids is 1. The first kappa shape index (κ1) is 13.9. The molecule has 0 unspecified atom stereocenters. The van der Waals surface area contributed by atoms with Gasteiger partial charge < -0.3 is 15.4 Å². The van der Waals surface area contributed by atoms with Crippen LogP contribution in [0.1, 0.15) is 6.92 Å². The first-order valence-electron chi connectivity index (χ1n) is 4.26. The summed E-state index contributed by atoms with van der Waals surface area (Å²) in [7, 11) is -4.21. The number of hydrogen-bond donors (Lipinski definition) is 2. The normalized spacial score (nSPS) is 11.3. The highest BCUT2D eigenvalue weighted by Crippen LogP contribution is 2.35. The van der Waals surface area contributed by atoms with E-state index in [0.29, 0.717) is 5.48 Å². The predicted molar refractivity (Wildman–Crippen MR) is 59.1 cm³/mol. The molecule has 7 nitrogen and oxygen atoms in total. The second kappa shape index (κ2) is 4.98. The molecule has 0 heterocycles. The van der Waals surface area contributed by atoms with Gasteiger partial charge in [0.05, 0.1) is 5.02 Å². The van der Waals surface area contributed by atoms with Gasteiger partial charge in [-0.05, 0) is 6.07 Å². The highest BCUT2D eigenvalue weighted by atomic mass is 35.5. The number of benzene rings is 1. The van der Waals surface area contributed by atoms with Crippen LogP contribution in [0.5, 0.6) is 5.75 Å². The van der Waals surface area contributed by atoms with Crippen LogP contribution in [0.15, 0.2) is 17.0 Å². The Kier molecular flexibility index (Phi) is 4.07. The van der Waals surface area contributed by atoms with E-state index in [4.69, 9.17) is 16.7 Å². The maximum atomic E-state index is 11.3. The molecular weight excluding hydrogens is 272 g/mol. The molecule has 94 valence electrons. The standard InChI is InChI=1S/C8H9ClN2O5S/c1-4(12)16-7-6(11-13)3-2-5(9)8(7)17(10,14)15/h2-3H,11H2,1H3,(H2,10,14,15). The van der Waals surface area contributed by atoms with E-state index in [1.807, 2.05) is 0 Å². The topological polar surface area (TPSA) is 126 Å². The minimum atomic E-state index is -4.21. The fraction of sp³-hybridized carbons (Fsp3) is 0.125. The Morgan fingerprint density at radius 1 is 1.53 bits per heavy atom. The van der Waals surface area contributed by atoms with Gasteiger partial charge in [0.15, 0.2) is 5.69 Å². The van der Waals surface area contributed by atoms with Crippen LogP contribution in [0.25, 0.3) is 0 Å². The second-order valence-corrected chi connectivity index (χ2v) is 4.96.